The minimum atomic E-state index is -0.602. The molecule has 1 aliphatic heterocycles. The fraction of sp³-hybridized carbons (Fsp3) is 0.188. The third kappa shape index (κ3) is 2.63. The van der Waals surface area contributed by atoms with E-state index in [9.17, 15) is 9.59 Å². The quantitative estimate of drug-likeness (QED) is 0.905. The Bertz CT molecular complexity index is 643. The van der Waals surface area contributed by atoms with Crippen molar-refractivity contribution in [2.24, 2.45) is 0 Å². The van der Waals surface area contributed by atoms with Crippen molar-refractivity contribution in [2.75, 3.05) is 13.1 Å². The molecular weight excluding hydrogens is 266 g/mol. The monoisotopic (exact) mass is 281 g/mol. The molecule has 1 atom stereocenters. The zero-order valence-corrected chi connectivity index (χ0v) is 11.4. The predicted octanol–water partition coefficient (Wildman–Crippen LogP) is 1.39. The van der Waals surface area contributed by atoms with Crippen LogP contribution < -0.4 is 5.32 Å². The molecular formula is C16H15N3O2. The summed E-state index contributed by atoms with van der Waals surface area (Å²) in [4.78, 5) is 30.5. The van der Waals surface area contributed by atoms with Gasteiger partial charge in [-0.3, -0.25) is 14.6 Å². The third-order valence-corrected chi connectivity index (χ3v) is 3.47. The molecule has 106 valence electrons. The molecule has 0 aliphatic carbocycles. The van der Waals surface area contributed by atoms with Crippen LogP contribution in [0.25, 0.3) is 0 Å². The number of nitrogens with zero attached hydrogens (tertiary/aromatic N) is 2. The molecule has 1 N–H and O–H groups in total. The summed E-state index contributed by atoms with van der Waals surface area (Å²) in [5.41, 5.74) is 1.16. The van der Waals surface area contributed by atoms with Crippen LogP contribution in [-0.4, -0.2) is 34.8 Å². The van der Waals surface area contributed by atoms with Gasteiger partial charge in [0.05, 0.1) is 0 Å². The number of aromatic nitrogens is 1. The van der Waals surface area contributed by atoms with Gasteiger partial charge in [-0.25, -0.2) is 0 Å². The van der Waals surface area contributed by atoms with Gasteiger partial charge in [0, 0.05) is 19.3 Å². The maximum atomic E-state index is 12.6. The van der Waals surface area contributed by atoms with E-state index in [2.05, 4.69) is 10.3 Å². The Morgan fingerprint density at radius 3 is 2.62 bits per heavy atom. The van der Waals surface area contributed by atoms with E-state index in [1.807, 2.05) is 30.3 Å². The van der Waals surface area contributed by atoms with Crippen molar-refractivity contribution >= 4 is 11.8 Å². The highest BCUT2D eigenvalue weighted by molar-refractivity contribution is 5.97. The van der Waals surface area contributed by atoms with Crippen LogP contribution >= 0.6 is 0 Å². The summed E-state index contributed by atoms with van der Waals surface area (Å²) in [6.45, 7) is 0.932. The Kier molecular flexibility index (Phi) is 3.64. The lowest BCUT2D eigenvalue weighted by molar-refractivity contribution is -0.128. The van der Waals surface area contributed by atoms with E-state index in [-0.39, 0.29) is 11.8 Å². The van der Waals surface area contributed by atoms with Crippen LogP contribution in [0.1, 0.15) is 22.1 Å². The van der Waals surface area contributed by atoms with E-state index in [0.717, 1.165) is 5.56 Å². The summed E-state index contributed by atoms with van der Waals surface area (Å²) in [6, 6.07) is 13.9. The molecule has 1 unspecified atom stereocenters. The van der Waals surface area contributed by atoms with Crippen molar-refractivity contribution in [1.29, 1.82) is 0 Å². The van der Waals surface area contributed by atoms with Crippen molar-refractivity contribution in [3.63, 3.8) is 0 Å². The maximum absolute atomic E-state index is 12.6. The molecule has 21 heavy (non-hydrogen) atoms. The highest BCUT2D eigenvalue weighted by atomic mass is 16.2. The van der Waals surface area contributed by atoms with Crippen molar-refractivity contribution in [2.45, 2.75) is 6.04 Å². The van der Waals surface area contributed by atoms with E-state index >= 15 is 0 Å². The number of pyridine rings is 1. The highest BCUT2D eigenvalue weighted by Crippen LogP contribution is 2.24. The average Bonchev–Trinajstić information content (AvgIpc) is 2.55. The molecule has 1 fully saturated rings. The molecule has 0 saturated carbocycles. The molecule has 1 aliphatic rings. The topological polar surface area (TPSA) is 62.3 Å². The van der Waals surface area contributed by atoms with Gasteiger partial charge in [-0.15, -0.1) is 0 Å². The van der Waals surface area contributed by atoms with Crippen molar-refractivity contribution in [1.82, 2.24) is 15.2 Å². The summed E-state index contributed by atoms with van der Waals surface area (Å²) in [6.07, 6.45) is 1.58. The highest BCUT2D eigenvalue weighted by Gasteiger charge is 2.34. The normalized spacial score (nSPS) is 18.2. The third-order valence-electron chi connectivity index (χ3n) is 3.47. The standard InChI is InChI=1S/C16H15N3O2/c20-15-14(12-6-2-1-3-7-12)19(11-10-18-15)16(21)13-8-4-5-9-17-13/h1-9,14H,10-11H2,(H,18,20). The second-order valence-corrected chi connectivity index (χ2v) is 4.82. The first kappa shape index (κ1) is 13.3. The van der Waals surface area contributed by atoms with Crippen LogP contribution in [0.2, 0.25) is 0 Å². The molecule has 1 aromatic heterocycles. The number of benzene rings is 1. The molecule has 0 radical (unpaired) electrons. The number of piperazine rings is 1. The Balaban J connectivity index is 1.95. The minimum absolute atomic E-state index is 0.156. The number of amides is 2. The Labute approximate surface area is 122 Å². The maximum Gasteiger partial charge on any atom is 0.273 e. The van der Waals surface area contributed by atoms with Gasteiger partial charge in [0.1, 0.15) is 11.7 Å². The number of carbonyl (C=O) groups excluding carboxylic acids is 2. The van der Waals surface area contributed by atoms with Crippen molar-refractivity contribution in [3.8, 4) is 0 Å². The molecule has 1 aromatic carbocycles. The van der Waals surface area contributed by atoms with Crippen LogP contribution in [0.15, 0.2) is 54.7 Å². The van der Waals surface area contributed by atoms with Crippen LogP contribution in [0.3, 0.4) is 0 Å². The summed E-state index contributed by atoms with van der Waals surface area (Å²) in [5, 5.41) is 2.81. The fourth-order valence-electron chi connectivity index (χ4n) is 2.49. The molecule has 2 aromatic rings. The van der Waals surface area contributed by atoms with Crippen LogP contribution in [0, 0.1) is 0 Å². The van der Waals surface area contributed by atoms with E-state index < -0.39 is 6.04 Å². The lowest BCUT2D eigenvalue weighted by atomic mass is 10.0. The van der Waals surface area contributed by atoms with Crippen LogP contribution in [0.4, 0.5) is 0 Å². The predicted molar refractivity (Wildman–Crippen MR) is 77.5 cm³/mol. The molecule has 2 heterocycles. The molecule has 0 spiro atoms. The second-order valence-electron chi connectivity index (χ2n) is 4.82. The summed E-state index contributed by atoms with van der Waals surface area (Å²) in [7, 11) is 0. The number of hydrogen-bond donors (Lipinski definition) is 1. The van der Waals surface area contributed by atoms with Gasteiger partial charge in [-0.2, -0.15) is 0 Å². The van der Waals surface area contributed by atoms with E-state index in [4.69, 9.17) is 0 Å². The summed E-state index contributed by atoms with van der Waals surface area (Å²) >= 11 is 0. The first-order valence-electron chi connectivity index (χ1n) is 6.82. The lowest BCUT2D eigenvalue weighted by Gasteiger charge is -2.35. The first-order chi connectivity index (χ1) is 10.3. The molecule has 5 heteroatoms. The van der Waals surface area contributed by atoms with Gasteiger partial charge in [0.2, 0.25) is 5.91 Å². The number of hydrogen-bond acceptors (Lipinski definition) is 3. The molecule has 0 bridgehead atoms. The van der Waals surface area contributed by atoms with Gasteiger partial charge in [-0.1, -0.05) is 36.4 Å². The number of carbonyl (C=O) groups is 2. The second kappa shape index (κ2) is 5.75. The van der Waals surface area contributed by atoms with Crippen LogP contribution in [0.5, 0.6) is 0 Å². The number of nitrogens with one attached hydrogen (secondary N) is 1. The lowest BCUT2D eigenvalue weighted by Crippen LogP contribution is -2.52. The smallest absolute Gasteiger partial charge is 0.273 e. The molecule has 2 amide bonds. The summed E-state index contributed by atoms with van der Waals surface area (Å²) in [5.74, 6) is -0.379. The van der Waals surface area contributed by atoms with E-state index in [1.165, 1.54) is 0 Å². The van der Waals surface area contributed by atoms with Gasteiger partial charge in [0.15, 0.2) is 0 Å². The van der Waals surface area contributed by atoms with Crippen LogP contribution in [-0.2, 0) is 4.79 Å². The first-order valence-corrected chi connectivity index (χ1v) is 6.82. The Hall–Kier alpha value is -2.69. The summed E-state index contributed by atoms with van der Waals surface area (Å²) < 4.78 is 0. The zero-order chi connectivity index (χ0) is 14.7. The average molecular weight is 281 g/mol. The number of rotatable bonds is 2. The fourth-order valence-corrected chi connectivity index (χ4v) is 2.49. The molecule has 5 nitrogen and oxygen atoms in total. The van der Waals surface area contributed by atoms with E-state index in [0.29, 0.717) is 18.8 Å². The van der Waals surface area contributed by atoms with E-state index in [1.54, 1.807) is 29.3 Å². The van der Waals surface area contributed by atoms with Gasteiger partial charge < -0.3 is 10.2 Å². The Morgan fingerprint density at radius 1 is 1.14 bits per heavy atom. The SMILES string of the molecule is O=C1NCCN(C(=O)c2ccccn2)C1c1ccccc1. The Morgan fingerprint density at radius 2 is 1.90 bits per heavy atom. The zero-order valence-electron chi connectivity index (χ0n) is 11.4. The van der Waals surface area contributed by atoms with Gasteiger partial charge in [0.25, 0.3) is 5.91 Å². The molecule has 3 rings (SSSR count). The van der Waals surface area contributed by atoms with Gasteiger partial charge >= 0.3 is 0 Å². The van der Waals surface area contributed by atoms with Gasteiger partial charge in [-0.05, 0) is 17.7 Å². The largest absolute Gasteiger partial charge is 0.352 e. The van der Waals surface area contributed by atoms with Crippen molar-refractivity contribution in [3.05, 3.63) is 66.0 Å². The van der Waals surface area contributed by atoms with Crippen molar-refractivity contribution < 1.29 is 9.59 Å². The molecule has 1 saturated heterocycles. The minimum Gasteiger partial charge on any atom is -0.352 e.